The first kappa shape index (κ1) is 11.1. The number of nitrogens with two attached hydrogens (primary N) is 1. The summed E-state index contributed by atoms with van der Waals surface area (Å²) < 4.78 is 0. The van der Waals surface area contributed by atoms with Crippen LogP contribution in [0.4, 0.5) is 5.69 Å². The van der Waals surface area contributed by atoms with Gasteiger partial charge in [-0.05, 0) is 41.6 Å². The maximum Gasteiger partial charge on any atom is 0.328 e. The second-order valence-corrected chi connectivity index (χ2v) is 3.51. The molecule has 0 aliphatic carbocycles. The van der Waals surface area contributed by atoms with Crippen molar-refractivity contribution in [3.05, 3.63) is 29.8 Å². The molecule has 0 heterocycles. The van der Waals surface area contributed by atoms with Gasteiger partial charge in [0.1, 0.15) is 5.40 Å². The van der Waals surface area contributed by atoms with Gasteiger partial charge in [-0.3, -0.25) is 0 Å². The summed E-state index contributed by atoms with van der Waals surface area (Å²) in [4.78, 5) is 11.0. The van der Waals surface area contributed by atoms with Crippen LogP contribution in [0.15, 0.2) is 29.2 Å². The molecule has 4 nitrogen and oxygen atoms in total. The monoisotopic (exact) mass is 220 g/mol. The smallest absolute Gasteiger partial charge is 0.328 e. The van der Waals surface area contributed by atoms with Crippen LogP contribution in [0.5, 0.6) is 0 Å². The molecule has 0 unspecified atom stereocenters. The van der Waals surface area contributed by atoms with Crippen molar-refractivity contribution in [2.75, 3.05) is 5.73 Å². The second kappa shape index (κ2) is 5.08. The highest BCUT2D eigenvalue weighted by Gasteiger charge is 1.99. The summed E-state index contributed by atoms with van der Waals surface area (Å²) >= 11 is 1.00. The van der Waals surface area contributed by atoms with Crippen molar-refractivity contribution in [2.24, 2.45) is 0 Å². The van der Waals surface area contributed by atoms with Crippen molar-refractivity contribution < 1.29 is 9.90 Å². The molecule has 0 bridgehead atoms. The Balaban J connectivity index is 3.01. The van der Waals surface area contributed by atoms with Gasteiger partial charge in [-0.2, -0.15) is 5.26 Å². The van der Waals surface area contributed by atoms with Gasteiger partial charge in [0.15, 0.2) is 0 Å². The van der Waals surface area contributed by atoms with E-state index < -0.39 is 5.97 Å². The summed E-state index contributed by atoms with van der Waals surface area (Å²) in [5.74, 6) is -1.03. The normalized spacial score (nSPS) is 10.1. The van der Waals surface area contributed by atoms with Crippen LogP contribution in [0.25, 0.3) is 6.08 Å². The predicted octanol–water partition coefficient (Wildman–Crippen LogP) is 1.94. The summed E-state index contributed by atoms with van der Waals surface area (Å²) in [7, 11) is 0. The zero-order chi connectivity index (χ0) is 11.3. The number of nitriles is 1. The molecule has 0 saturated heterocycles. The Kier molecular flexibility index (Phi) is 3.77. The van der Waals surface area contributed by atoms with E-state index in [0.29, 0.717) is 11.3 Å². The molecule has 0 atom stereocenters. The number of rotatable bonds is 3. The van der Waals surface area contributed by atoms with E-state index in [9.17, 15) is 4.79 Å². The SMILES string of the molecule is N#CSc1ccc(N)c(C=CC(=O)O)c1. The van der Waals surface area contributed by atoms with Gasteiger partial charge in [0, 0.05) is 16.7 Å². The van der Waals surface area contributed by atoms with Gasteiger partial charge in [0.05, 0.1) is 0 Å². The van der Waals surface area contributed by atoms with Crippen molar-refractivity contribution in [1.29, 1.82) is 5.26 Å². The molecule has 0 spiro atoms. The summed E-state index contributed by atoms with van der Waals surface area (Å²) in [6, 6.07) is 5.02. The van der Waals surface area contributed by atoms with E-state index in [0.717, 1.165) is 22.7 Å². The van der Waals surface area contributed by atoms with E-state index in [4.69, 9.17) is 16.1 Å². The maximum absolute atomic E-state index is 10.3. The molecule has 3 N–H and O–H groups in total. The number of nitrogens with zero attached hydrogens (tertiary/aromatic N) is 1. The first-order chi connectivity index (χ1) is 7.13. The fraction of sp³-hybridized carbons (Fsp3) is 0. The average Bonchev–Trinajstić information content (AvgIpc) is 2.19. The van der Waals surface area contributed by atoms with Crippen LogP contribution in [0, 0.1) is 10.7 Å². The van der Waals surface area contributed by atoms with Crippen LogP contribution >= 0.6 is 11.8 Å². The molecule has 0 saturated carbocycles. The summed E-state index contributed by atoms with van der Waals surface area (Å²) in [6.45, 7) is 0. The number of carboxylic acids is 1. The highest BCUT2D eigenvalue weighted by atomic mass is 32.2. The fourth-order valence-corrected chi connectivity index (χ4v) is 1.40. The highest BCUT2D eigenvalue weighted by Crippen LogP contribution is 2.22. The topological polar surface area (TPSA) is 87.1 Å². The minimum absolute atomic E-state index is 0.481. The van der Waals surface area contributed by atoms with Crippen molar-refractivity contribution in [1.82, 2.24) is 0 Å². The third-order valence-electron chi connectivity index (χ3n) is 1.63. The largest absolute Gasteiger partial charge is 0.478 e. The Morgan fingerprint density at radius 1 is 1.60 bits per heavy atom. The zero-order valence-corrected chi connectivity index (χ0v) is 8.49. The van der Waals surface area contributed by atoms with E-state index in [2.05, 4.69) is 0 Å². The Labute approximate surface area is 91.0 Å². The van der Waals surface area contributed by atoms with Crippen LogP contribution in [0.3, 0.4) is 0 Å². The number of carbonyl (C=O) groups is 1. The summed E-state index contributed by atoms with van der Waals surface area (Å²) in [5, 5.41) is 18.9. The number of carboxylic acid groups (broad SMARTS) is 1. The predicted molar refractivity (Wildman–Crippen MR) is 59.0 cm³/mol. The number of benzene rings is 1. The first-order valence-corrected chi connectivity index (χ1v) is 4.81. The van der Waals surface area contributed by atoms with Crippen LogP contribution in [0.2, 0.25) is 0 Å². The van der Waals surface area contributed by atoms with Crippen molar-refractivity contribution in [2.45, 2.75) is 4.90 Å². The fourth-order valence-electron chi connectivity index (χ4n) is 0.974. The highest BCUT2D eigenvalue weighted by molar-refractivity contribution is 8.03. The number of anilines is 1. The van der Waals surface area contributed by atoms with Gasteiger partial charge in [-0.1, -0.05) is 0 Å². The molecule has 0 aromatic heterocycles. The van der Waals surface area contributed by atoms with Gasteiger partial charge in [0.25, 0.3) is 0 Å². The standard InChI is InChI=1S/C10H8N2O2S/c11-6-15-8-2-3-9(12)7(5-8)1-4-10(13)14/h1-5H,12H2,(H,13,14). The molecule has 1 rings (SSSR count). The molecule has 5 heteroatoms. The third-order valence-corrected chi connectivity index (χ3v) is 2.21. The molecule has 0 amide bonds. The Hall–Kier alpha value is -1.93. The molecular formula is C10H8N2O2S. The molecule has 1 aromatic rings. The van der Waals surface area contributed by atoms with E-state index in [1.165, 1.54) is 6.08 Å². The van der Waals surface area contributed by atoms with Gasteiger partial charge < -0.3 is 10.8 Å². The number of nitrogen functional groups attached to an aromatic ring is 1. The van der Waals surface area contributed by atoms with Crippen LogP contribution in [-0.4, -0.2) is 11.1 Å². The first-order valence-electron chi connectivity index (χ1n) is 4.00. The minimum Gasteiger partial charge on any atom is -0.478 e. The van der Waals surface area contributed by atoms with Gasteiger partial charge in [-0.15, -0.1) is 0 Å². The van der Waals surface area contributed by atoms with Gasteiger partial charge >= 0.3 is 5.97 Å². The molecule has 0 aliphatic rings. The number of thiocyanates is 1. The third kappa shape index (κ3) is 3.37. The lowest BCUT2D eigenvalue weighted by atomic mass is 10.1. The number of hydrogen-bond acceptors (Lipinski definition) is 4. The Morgan fingerprint density at radius 3 is 2.93 bits per heavy atom. The molecule has 0 aliphatic heterocycles. The molecule has 1 aromatic carbocycles. The summed E-state index contributed by atoms with van der Waals surface area (Å²) in [6.07, 6.45) is 2.41. The zero-order valence-electron chi connectivity index (χ0n) is 7.68. The molecule has 76 valence electrons. The van der Waals surface area contributed by atoms with Crippen molar-refractivity contribution in [3.8, 4) is 5.40 Å². The van der Waals surface area contributed by atoms with Gasteiger partial charge in [0.2, 0.25) is 0 Å². The lowest BCUT2D eigenvalue weighted by Gasteiger charge is -2.01. The number of aliphatic carboxylic acids is 1. The Morgan fingerprint density at radius 2 is 2.33 bits per heavy atom. The van der Waals surface area contributed by atoms with E-state index in [-0.39, 0.29) is 0 Å². The average molecular weight is 220 g/mol. The maximum atomic E-state index is 10.3. The van der Waals surface area contributed by atoms with E-state index in [1.54, 1.807) is 18.2 Å². The number of thioether (sulfide) groups is 1. The second-order valence-electron chi connectivity index (χ2n) is 2.66. The quantitative estimate of drug-likeness (QED) is 0.352. The van der Waals surface area contributed by atoms with Crippen LogP contribution < -0.4 is 5.73 Å². The van der Waals surface area contributed by atoms with Gasteiger partial charge in [-0.25, -0.2) is 4.79 Å². The van der Waals surface area contributed by atoms with E-state index >= 15 is 0 Å². The summed E-state index contributed by atoms with van der Waals surface area (Å²) in [5.41, 5.74) is 6.71. The van der Waals surface area contributed by atoms with Crippen LogP contribution in [0.1, 0.15) is 5.56 Å². The van der Waals surface area contributed by atoms with E-state index in [1.807, 2.05) is 5.40 Å². The minimum atomic E-state index is -1.03. The molecular weight excluding hydrogens is 212 g/mol. The van der Waals surface area contributed by atoms with Crippen LogP contribution in [-0.2, 0) is 4.79 Å². The van der Waals surface area contributed by atoms with Crippen molar-refractivity contribution >= 4 is 29.5 Å². The lowest BCUT2D eigenvalue weighted by molar-refractivity contribution is -0.131. The lowest BCUT2D eigenvalue weighted by Crippen LogP contribution is -1.91. The molecule has 0 fully saturated rings. The molecule has 15 heavy (non-hydrogen) atoms. The number of hydrogen-bond donors (Lipinski definition) is 2. The molecule has 0 radical (unpaired) electrons. The van der Waals surface area contributed by atoms with Crippen molar-refractivity contribution in [3.63, 3.8) is 0 Å². The Bertz CT molecular complexity index is 449.